The fraction of sp³-hybridized carbons (Fsp3) is 0.786. The van der Waals surface area contributed by atoms with Crippen molar-refractivity contribution in [2.24, 2.45) is 16.7 Å². The molecule has 0 spiro atoms. The standard InChI is InChI=1S/C28H49N5O7/c1-27(2,3)19-24(37)31-13-12-30-21(34)8-9-22(35)32-14-17-40-16-7-11-29-23(36)10-15-33-25(38)18-20(26(33)39)28(4,5)6/h20H,7-19H2,1-6H3,(H,29,36)(H,30,34)(H,31,37)(H,32,35). The van der Waals surface area contributed by atoms with Crippen molar-refractivity contribution in [3.05, 3.63) is 0 Å². The third-order valence-electron chi connectivity index (χ3n) is 6.25. The van der Waals surface area contributed by atoms with Crippen molar-refractivity contribution >= 4 is 35.4 Å². The maximum Gasteiger partial charge on any atom is 0.233 e. The number of hydrogen-bond donors (Lipinski definition) is 4. The third-order valence-corrected chi connectivity index (χ3v) is 6.25. The Morgan fingerprint density at radius 3 is 1.82 bits per heavy atom. The molecule has 0 saturated carbocycles. The zero-order chi connectivity index (χ0) is 30.3. The number of carbonyl (C=O) groups excluding carboxylic acids is 6. The summed E-state index contributed by atoms with van der Waals surface area (Å²) in [7, 11) is 0. The topological polar surface area (TPSA) is 163 Å². The fourth-order valence-electron chi connectivity index (χ4n) is 4.01. The maximum absolute atomic E-state index is 12.5. The molecule has 0 radical (unpaired) electrons. The molecule has 0 aromatic carbocycles. The van der Waals surface area contributed by atoms with Crippen molar-refractivity contribution in [3.8, 4) is 0 Å². The Balaban J connectivity index is 2.01. The average Bonchev–Trinajstić information content (AvgIpc) is 3.13. The predicted molar refractivity (Wildman–Crippen MR) is 150 cm³/mol. The molecule has 0 aromatic heterocycles. The van der Waals surface area contributed by atoms with Crippen LogP contribution in [-0.2, 0) is 33.5 Å². The van der Waals surface area contributed by atoms with Crippen LogP contribution < -0.4 is 21.3 Å². The molecule has 1 rings (SSSR count). The van der Waals surface area contributed by atoms with Gasteiger partial charge in [0, 0.05) is 71.4 Å². The van der Waals surface area contributed by atoms with Gasteiger partial charge in [0.25, 0.3) is 0 Å². The van der Waals surface area contributed by atoms with Crippen LogP contribution in [-0.4, -0.2) is 86.3 Å². The number of nitrogens with zero attached hydrogens (tertiary/aromatic N) is 1. The van der Waals surface area contributed by atoms with Gasteiger partial charge in [-0.25, -0.2) is 0 Å². The first-order chi connectivity index (χ1) is 18.6. The van der Waals surface area contributed by atoms with E-state index in [0.717, 1.165) is 0 Å². The Kier molecular flexibility index (Phi) is 14.8. The lowest BCUT2D eigenvalue weighted by Crippen LogP contribution is -2.37. The van der Waals surface area contributed by atoms with E-state index in [1.807, 2.05) is 41.5 Å². The highest BCUT2D eigenvalue weighted by atomic mass is 16.5. The second-order valence-electron chi connectivity index (χ2n) is 12.4. The van der Waals surface area contributed by atoms with E-state index >= 15 is 0 Å². The summed E-state index contributed by atoms with van der Waals surface area (Å²) in [4.78, 5) is 73.3. The van der Waals surface area contributed by atoms with E-state index < -0.39 is 0 Å². The Labute approximate surface area is 238 Å². The molecule has 0 bridgehead atoms. The second kappa shape index (κ2) is 16.9. The minimum Gasteiger partial charge on any atom is -0.380 e. The highest BCUT2D eigenvalue weighted by molar-refractivity contribution is 6.04. The lowest BCUT2D eigenvalue weighted by molar-refractivity contribution is -0.140. The monoisotopic (exact) mass is 567 g/mol. The minimum atomic E-state index is -0.348. The predicted octanol–water partition coefficient (Wildman–Crippen LogP) is 0.886. The number of nitrogens with one attached hydrogen (secondary N) is 4. The molecule has 1 saturated heterocycles. The molecule has 1 heterocycles. The van der Waals surface area contributed by atoms with Crippen molar-refractivity contribution in [3.63, 3.8) is 0 Å². The Morgan fingerprint density at radius 2 is 1.27 bits per heavy atom. The summed E-state index contributed by atoms with van der Waals surface area (Å²) in [6, 6.07) is 0. The highest BCUT2D eigenvalue weighted by Gasteiger charge is 2.44. The van der Waals surface area contributed by atoms with Gasteiger partial charge in [-0.2, -0.15) is 0 Å². The summed E-state index contributed by atoms with van der Waals surface area (Å²) in [5, 5.41) is 10.9. The van der Waals surface area contributed by atoms with Crippen LogP contribution in [0.4, 0.5) is 0 Å². The Bertz CT molecular complexity index is 892. The van der Waals surface area contributed by atoms with Crippen LogP contribution >= 0.6 is 0 Å². The van der Waals surface area contributed by atoms with Gasteiger partial charge in [-0.05, 0) is 17.3 Å². The van der Waals surface area contributed by atoms with Crippen LogP contribution in [0.25, 0.3) is 0 Å². The van der Waals surface area contributed by atoms with Gasteiger partial charge < -0.3 is 26.0 Å². The maximum atomic E-state index is 12.5. The first-order valence-electron chi connectivity index (χ1n) is 14.1. The van der Waals surface area contributed by atoms with Crippen LogP contribution in [0.3, 0.4) is 0 Å². The SMILES string of the molecule is CC(C)(C)CC(=O)NCCNC(=O)CCC(=O)NCCOCCCNC(=O)CCN1C(=O)CC(C(C)(C)C)C1=O. The number of hydrogen-bond acceptors (Lipinski definition) is 7. The molecule has 0 aromatic rings. The molecular weight excluding hydrogens is 518 g/mol. The van der Waals surface area contributed by atoms with Crippen LogP contribution in [0.1, 0.15) is 80.1 Å². The van der Waals surface area contributed by atoms with E-state index in [0.29, 0.717) is 52.2 Å². The fourth-order valence-corrected chi connectivity index (χ4v) is 4.01. The Morgan fingerprint density at radius 1 is 0.750 bits per heavy atom. The molecule has 4 N–H and O–H groups in total. The van der Waals surface area contributed by atoms with Gasteiger partial charge in [0.2, 0.25) is 35.4 Å². The number of rotatable bonds is 17. The van der Waals surface area contributed by atoms with E-state index in [9.17, 15) is 28.8 Å². The largest absolute Gasteiger partial charge is 0.380 e. The molecular formula is C28H49N5O7. The van der Waals surface area contributed by atoms with Crippen LogP contribution in [0.15, 0.2) is 0 Å². The van der Waals surface area contributed by atoms with Crippen molar-refractivity contribution < 1.29 is 33.5 Å². The zero-order valence-corrected chi connectivity index (χ0v) is 25.1. The molecule has 40 heavy (non-hydrogen) atoms. The summed E-state index contributed by atoms with van der Waals surface area (Å²) in [5.41, 5.74) is -0.390. The van der Waals surface area contributed by atoms with Gasteiger partial charge in [-0.3, -0.25) is 33.7 Å². The second-order valence-corrected chi connectivity index (χ2v) is 12.4. The average molecular weight is 568 g/mol. The van der Waals surface area contributed by atoms with E-state index in [1.54, 1.807) is 0 Å². The van der Waals surface area contributed by atoms with Crippen LogP contribution in [0.2, 0.25) is 0 Å². The van der Waals surface area contributed by atoms with Crippen molar-refractivity contribution in [2.45, 2.75) is 80.1 Å². The number of likely N-dealkylation sites (tertiary alicyclic amines) is 1. The molecule has 1 unspecified atom stereocenters. The minimum absolute atomic E-state index is 0.0551. The van der Waals surface area contributed by atoms with Gasteiger partial charge in [-0.1, -0.05) is 41.5 Å². The lowest BCUT2D eigenvalue weighted by Gasteiger charge is -2.24. The van der Waals surface area contributed by atoms with Gasteiger partial charge in [0.05, 0.1) is 12.5 Å². The summed E-state index contributed by atoms with van der Waals surface area (Å²) in [5.74, 6) is -1.59. The smallest absolute Gasteiger partial charge is 0.233 e. The van der Waals surface area contributed by atoms with Crippen molar-refractivity contribution in [2.75, 3.05) is 45.9 Å². The first-order valence-corrected chi connectivity index (χ1v) is 14.1. The number of imide groups is 1. The van der Waals surface area contributed by atoms with Crippen molar-refractivity contribution in [1.82, 2.24) is 26.2 Å². The highest BCUT2D eigenvalue weighted by Crippen LogP contribution is 2.35. The third kappa shape index (κ3) is 14.9. The van der Waals surface area contributed by atoms with Gasteiger partial charge in [0.15, 0.2) is 0 Å². The number of amides is 6. The first kappa shape index (κ1) is 35.0. The molecule has 1 aliphatic rings. The molecule has 6 amide bonds. The quantitative estimate of drug-likeness (QED) is 0.150. The van der Waals surface area contributed by atoms with E-state index in [-0.39, 0.29) is 84.4 Å². The molecule has 0 aliphatic carbocycles. The molecule has 1 atom stereocenters. The van der Waals surface area contributed by atoms with Gasteiger partial charge in [-0.15, -0.1) is 0 Å². The van der Waals surface area contributed by atoms with Crippen molar-refractivity contribution in [1.29, 1.82) is 0 Å². The van der Waals surface area contributed by atoms with E-state index in [4.69, 9.17) is 4.74 Å². The normalized spacial score (nSPS) is 15.7. The van der Waals surface area contributed by atoms with Crippen LogP contribution in [0, 0.1) is 16.7 Å². The van der Waals surface area contributed by atoms with Gasteiger partial charge >= 0.3 is 0 Å². The summed E-state index contributed by atoms with van der Waals surface area (Å²) in [6.07, 6.45) is 1.35. The summed E-state index contributed by atoms with van der Waals surface area (Å²) < 4.78 is 5.44. The lowest BCUT2D eigenvalue weighted by atomic mass is 9.80. The molecule has 12 heteroatoms. The molecule has 12 nitrogen and oxygen atoms in total. The molecule has 1 aliphatic heterocycles. The summed E-state index contributed by atoms with van der Waals surface area (Å²) in [6.45, 7) is 13.8. The molecule has 228 valence electrons. The van der Waals surface area contributed by atoms with Gasteiger partial charge in [0.1, 0.15) is 0 Å². The van der Waals surface area contributed by atoms with E-state index in [1.165, 1.54) is 4.90 Å². The number of carbonyl (C=O) groups is 6. The van der Waals surface area contributed by atoms with E-state index in [2.05, 4.69) is 21.3 Å². The summed E-state index contributed by atoms with van der Waals surface area (Å²) >= 11 is 0. The molecule has 1 fully saturated rings. The number of ether oxygens (including phenoxy) is 1. The zero-order valence-electron chi connectivity index (χ0n) is 25.1. The van der Waals surface area contributed by atoms with Crippen LogP contribution in [0.5, 0.6) is 0 Å². The Hall–Kier alpha value is -3.02.